The van der Waals surface area contributed by atoms with Gasteiger partial charge >= 0.3 is 5.69 Å². The van der Waals surface area contributed by atoms with Gasteiger partial charge in [0, 0.05) is 13.0 Å². The van der Waals surface area contributed by atoms with Gasteiger partial charge < -0.3 is 9.97 Å². The van der Waals surface area contributed by atoms with E-state index in [0.717, 1.165) is 13.0 Å². The van der Waals surface area contributed by atoms with Crippen LogP contribution in [0.4, 0.5) is 0 Å². The minimum atomic E-state index is -3.75. The monoisotopic (exact) mass is 362 g/mol. The van der Waals surface area contributed by atoms with E-state index in [2.05, 4.69) is 24.8 Å². The molecule has 3 heterocycles. The number of hydrogen-bond acceptors (Lipinski definition) is 5. The molecule has 4 rings (SSSR count). The Balaban J connectivity index is 1.67. The van der Waals surface area contributed by atoms with Crippen molar-refractivity contribution in [1.82, 2.24) is 29.5 Å². The van der Waals surface area contributed by atoms with Gasteiger partial charge in [-0.3, -0.25) is 0 Å². The number of sulfonamides is 1. The summed E-state index contributed by atoms with van der Waals surface area (Å²) < 4.78 is 30.0. The Bertz CT molecular complexity index is 1090. The highest BCUT2D eigenvalue weighted by Gasteiger charge is 2.28. The smallest absolute Gasteiger partial charge is 0.306 e. The molecule has 9 nitrogen and oxygen atoms in total. The summed E-state index contributed by atoms with van der Waals surface area (Å²) in [5.41, 5.74) is 0.645. The van der Waals surface area contributed by atoms with Crippen LogP contribution in [0.1, 0.15) is 37.5 Å². The molecule has 0 amide bonds. The standard InChI is InChI=1S/C15H18N6O3S/c1-2-13-18-14-11(4-3-7-21(14)19-13)20-25(23,24)9-5-6-10-12(8-9)17-15(22)16-10/h5-6,8,11,20H,2-4,7H2,1H3,(H2,16,17,22)/t11-/m0/s1. The average Bonchev–Trinajstić information content (AvgIpc) is 3.16. The lowest BCUT2D eigenvalue weighted by Gasteiger charge is -2.23. The molecule has 0 spiro atoms. The fourth-order valence-corrected chi connectivity index (χ4v) is 4.35. The number of nitrogens with zero attached hydrogens (tertiary/aromatic N) is 3. The predicted molar refractivity (Wildman–Crippen MR) is 90.6 cm³/mol. The molecule has 25 heavy (non-hydrogen) atoms. The highest BCUT2D eigenvalue weighted by atomic mass is 32.2. The first kappa shape index (κ1) is 16.0. The molecule has 1 aliphatic heterocycles. The second-order valence-electron chi connectivity index (χ2n) is 6.07. The topological polar surface area (TPSA) is 126 Å². The van der Waals surface area contributed by atoms with Crippen molar-refractivity contribution in [3.8, 4) is 0 Å². The Morgan fingerprint density at radius 3 is 2.92 bits per heavy atom. The lowest BCUT2D eigenvalue weighted by atomic mass is 10.1. The van der Waals surface area contributed by atoms with Crippen LogP contribution in [0.2, 0.25) is 0 Å². The molecule has 0 bridgehead atoms. The molecule has 10 heteroatoms. The van der Waals surface area contributed by atoms with Gasteiger partial charge in [0.2, 0.25) is 10.0 Å². The van der Waals surface area contributed by atoms with Crippen LogP contribution in [-0.2, 0) is 23.0 Å². The SMILES string of the molecule is CCc1nc2n(n1)CCC[C@@H]2NS(=O)(=O)c1ccc2[nH]c(=O)[nH]c2c1. The lowest BCUT2D eigenvalue weighted by Crippen LogP contribution is -2.33. The number of fused-ring (bicyclic) bond motifs is 2. The lowest BCUT2D eigenvalue weighted by molar-refractivity contribution is 0.399. The van der Waals surface area contributed by atoms with Crippen LogP contribution in [0, 0.1) is 0 Å². The molecular formula is C15H18N6O3S. The maximum Gasteiger partial charge on any atom is 0.323 e. The van der Waals surface area contributed by atoms with E-state index in [1.54, 1.807) is 10.7 Å². The molecular weight excluding hydrogens is 344 g/mol. The highest BCUT2D eigenvalue weighted by molar-refractivity contribution is 7.89. The van der Waals surface area contributed by atoms with E-state index in [4.69, 9.17) is 0 Å². The number of aromatic amines is 2. The van der Waals surface area contributed by atoms with Crippen molar-refractivity contribution < 1.29 is 8.42 Å². The Morgan fingerprint density at radius 1 is 1.32 bits per heavy atom. The second-order valence-corrected chi connectivity index (χ2v) is 7.78. The number of hydrogen-bond donors (Lipinski definition) is 3. The summed E-state index contributed by atoms with van der Waals surface area (Å²) in [6.45, 7) is 2.71. The summed E-state index contributed by atoms with van der Waals surface area (Å²) in [6, 6.07) is 4.08. The van der Waals surface area contributed by atoms with Gasteiger partial charge in [-0.2, -0.15) is 5.10 Å². The Morgan fingerprint density at radius 2 is 2.12 bits per heavy atom. The quantitative estimate of drug-likeness (QED) is 0.634. The highest BCUT2D eigenvalue weighted by Crippen LogP contribution is 2.26. The fraction of sp³-hybridized carbons (Fsp3) is 0.400. The molecule has 3 N–H and O–H groups in total. The van der Waals surface area contributed by atoms with Crippen molar-refractivity contribution in [3.05, 3.63) is 40.3 Å². The molecule has 1 atom stereocenters. The minimum Gasteiger partial charge on any atom is -0.306 e. The molecule has 0 aliphatic carbocycles. The van der Waals surface area contributed by atoms with Crippen LogP contribution >= 0.6 is 0 Å². The number of rotatable bonds is 4. The maximum absolute atomic E-state index is 12.8. The third-order valence-corrected chi connectivity index (χ3v) is 5.80. The maximum atomic E-state index is 12.8. The van der Waals surface area contributed by atoms with E-state index in [1.807, 2.05) is 6.92 Å². The number of nitrogens with one attached hydrogen (secondary N) is 3. The average molecular weight is 362 g/mol. The number of aromatic nitrogens is 5. The van der Waals surface area contributed by atoms with E-state index in [9.17, 15) is 13.2 Å². The Labute approximate surface area is 143 Å². The van der Waals surface area contributed by atoms with Crippen molar-refractivity contribution in [2.75, 3.05) is 0 Å². The Hall–Kier alpha value is -2.46. The molecule has 1 aromatic carbocycles. The van der Waals surface area contributed by atoms with E-state index in [0.29, 0.717) is 35.5 Å². The van der Waals surface area contributed by atoms with E-state index >= 15 is 0 Å². The van der Waals surface area contributed by atoms with Gasteiger partial charge in [-0.15, -0.1) is 0 Å². The molecule has 1 aliphatic rings. The predicted octanol–water partition coefficient (Wildman–Crippen LogP) is 0.824. The molecule has 3 aromatic rings. The zero-order valence-electron chi connectivity index (χ0n) is 13.6. The van der Waals surface area contributed by atoms with Crippen molar-refractivity contribution in [3.63, 3.8) is 0 Å². The number of aryl methyl sites for hydroxylation is 2. The first-order chi connectivity index (χ1) is 12.0. The van der Waals surface area contributed by atoms with E-state index in [-0.39, 0.29) is 10.6 Å². The van der Waals surface area contributed by atoms with Crippen molar-refractivity contribution >= 4 is 21.1 Å². The van der Waals surface area contributed by atoms with E-state index in [1.165, 1.54) is 12.1 Å². The van der Waals surface area contributed by atoms with Crippen LogP contribution in [0.15, 0.2) is 27.9 Å². The summed E-state index contributed by atoms with van der Waals surface area (Å²) >= 11 is 0. The van der Waals surface area contributed by atoms with Gasteiger partial charge in [0.05, 0.1) is 22.0 Å². The minimum absolute atomic E-state index is 0.0996. The van der Waals surface area contributed by atoms with Gasteiger partial charge in [-0.1, -0.05) is 6.92 Å². The summed E-state index contributed by atoms with van der Waals surface area (Å²) in [7, 11) is -3.75. The van der Waals surface area contributed by atoms with Gasteiger partial charge in [0.15, 0.2) is 5.82 Å². The first-order valence-corrected chi connectivity index (χ1v) is 9.62. The Kier molecular flexibility index (Phi) is 3.73. The zero-order valence-corrected chi connectivity index (χ0v) is 14.4. The summed E-state index contributed by atoms with van der Waals surface area (Å²) in [5, 5.41) is 4.39. The molecule has 0 saturated carbocycles. The molecule has 0 unspecified atom stereocenters. The van der Waals surface area contributed by atoms with Crippen molar-refractivity contribution in [2.24, 2.45) is 0 Å². The third-order valence-electron chi connectivity index (χ3n) is 4.33. The molecule has 0 saturated heterocycles. The van der Waals surface area contributed by atoms with Crippen LogP contribution in [-0.4, -0.2) is 33.2 Å². The zero-order chi connectivity index (χ0) is 17.6. The summed E-state index contributed by atoms with van der Waals surface area (Å²) in [4.78, 5) is 21.1. The van der Waals surface area contributed by atoms with Crippen LogP contribution < -0.4 is 10.4 Å². The van der Waals surface area contributed by atoms with Crippen LogP contribution in [0.25, 0.3) is 11.0 Å². The van der Waals surface area contributed by atoms with Gasteiger partial charge in [0.25, 0.3) is 0 Å². The third kappa shape index (κ3) is 2.87. The second kappa shape index (κ2) is 5.81. The van der Waals surface area contributed by atoms with Crippen molar-refractivity contribution in [2.45, 2.75) is 43.7 Å². The van der Waals surface area contributed by atoms with E-state index < -0.39 is 16.1 Å². The molecule has 0 fully saturated rings. The van der Waals surface area contributed by atoms with Gasteiger partial charge in [0.1, 0.15) is 5.82 Å². The van der Waals surface area contributed by atoms with Gasteiger partial charge in [-0.05, 0) is 31.0 Å². The van der Waals surface area contributed by atoms with Gasteiger partial charge in [-0.25, -0.2) is 27.6 Å². The normalized spacial score (nSPS) is 17.7. The number of imidazole rings is 1. The first-order valence-electron chi connectivity index (χ1n) is 8.14. The molecule has 2 aromatic heterocycles. The van der Waals surface area contributed by atoms with Crippen molar-refractivity contribution in [1.29, 1.82) is 0 Å². The number of benzene rings is 1. The molecule has 0 radical (unpaired) electrons. The largest absolute Gasteiger partial charge is 0.323 e. The fourth-order valence-electron chi connectivity index (χ4n) is 3.10. The molecule has 132 valence electrons. The summed E-state index contributed by atoms with van der Waals surface area (Å²) in [5.74, 6) is 1.37. The number of H-pyrrole nitrogens is 2. The summed E-state index contributed by atoms with van der Waals surface area (Å²) in [6.07, 6.45) is 2.21. The van der Waals surface area contributed by atoms with Crippen LogP contribution in [0.5, 0.6) is 0 Å². The van der Waals surface area contributed by atoms with Crippen LogP contribution in [0.3, 0.4) is 0 Å².